The third-order valence-electron chi connectivity index (χ3n) is 3.88. The van der Waals surface area contributed by atoms with Crippen LogP contribution in [0.2, 0.25) is 0 Å². The Hall–Kier alpha value is -0.610. The Morgan fingerprint density at radius 1 is 1.28 bits per heavy atom. The molecular weight excluding hydrogens is 226 g/mol. The van der Waals surface area contributed by atoms with E-state index in [-0.39, 0.29) is 5.41 Å². The van der Waals surface area contributed by atoms with E-state index < -0.39 is 0 Å². The van der Waals surface area contributed by atoms with E-state index in [1.807, 2.05) is 26.0 Å². The summed E-state index contributed by atoms with van der Waals surface area (Å²) in [4.78, 5) is 16.7. The zero-order valence-corrected chi connectivity index (χ0v) is 12.5. The standard InChI is InChI=1S/C14H29N3O/c1-5-7-14(8-6-9-15-12-14)13(18)17(4)11-10-16(2)3/h15H,5-12H2,1-4H3. The topological polar surface area (TPSA) is 35.6 Å². The van der Waals surface area contributed by atoms with Crippen molar-refractivity contribution in [2.75, 3.05) is 47.3 Å². The van der Waals surface area contributed by atoms with Crippen molar-refractivity contribution in [1.82, 2.24) is 15.1 Å². The van der Waals surface area contributed by atoms with Gasteiger partial charge in [-0.25, -0.2) is 0 Å². The molecule has 0 aromatic heterocycles. The number of likely N-dealkylation sites (N-methyl/N-ethyl adjacent to an activating group) is 2. The molecule has 0 saturated carbocycles. The van der Waals surface area contributed by atoms with E-state index in [9.17, 15) is 4.79 Å². The first-order chi connectivity index (χ1) is 8.52. The van der Waals surface area contributed by atoms with Gasteiger partial charge in [0.1, 0.15) is 0 Å². The molecule has 1 unspecified atom stereocenters. The van der Waals surface area contributed by atoms with Crippen molar-refractivity contribution in [3.8, 4) is 0 Å². The Kier molecular flexibility index (Phi) is 6.09. The number of nitrogens with zero attached hydrogens (tertiary/aromatic N) is 2. The highest BCUT2D eigenvalue weighted by Gasteiger charge is 2.40. The number of carbonyl (C=O) groups excluding carboxylic acids is 1. The summed E-state index contributed by atoms with van der Waals surface area (Å²) in [7, 11) is 6.03. The molecule has 0 spiro atoms. The second kappa shape index (κ2) is 7.10. The Bertz CT molecular complexity index is 254. The zero-order valence-electron chi connectivity index (χ0n) is 12.5. The van der Waals surface area contributed by atoms with Gasteiger partial charge in [-0.3, -0.25) is 4.79 Å². The average molecular weight is 255 g/mol. The predicted octanol–water partition coefficient (Wildman–Crippen LogP) is 1.18. The Balaban J connectivity index is 2.63. The molecule has 1 rings (SSSR count). The summed E-state index contributed by atoms with van der Waals surface area (Å²) in [5.74, 6) is 0.332. The van der Waals surface area contributed by atoms with Crippen LogP contribution in [0, 0.1) is 5.41 Å². The molecule has 4 nitrogen and oxygen atoms in total. The summed E-state index contributed by atoms with van der Waals surface area (Å²) in [5, 5.41) is 3.40. The second-order valence-electron chi connectivity index (χ2n) is 5.84. The summed E-state index contributed by atoms with van der Waals surface area (Å²) in [5.41, 5.74) is -0.145. The third-order valence-corrected chi connectivity index (χ3v) is 3.88. The van der Waals surface area contributed by atoms with Crippen molar-refractivity contribution in [1.29, 1.82) is 0 Å². The summed E-state index contributed by atoms with van der Waals surface area (Å²) >= 11 is 0. The summed E-state index contributed by atoms with van der Waals surface area (Å²) < 4.78 is 0. The first kappa shape index (κ1) is 15.4. The van der Waals surface area contributed by atoms with E-state index in [2.05, 4.69) is 17.1 Å². The van der Waals surface area contributed by atoms with Crippen molar-refractivity contribution >= 4 is 5.91 Å². The molecule has 0 aromatic carbocycles. The molecule has 1 N–H and O–H groups in total. The van der Waals surface area contributed by atoms with Gasteiger partial charge in [-0.2, -0.15) is 0 Å². The van der Waals surface area contributed by atoms with Crippen LogP contribution in [0.25, 0.3) is 0 Å². The van der Waals surface area contributed by atoms with Crippen LogP contribution in [0.3, 0.4) is 0 Å². The van der Waals surface area contributed by atoms with Crippen LogP contribution in [-0.2, 0) is 4.79 Å². The maximum atomic E-state index is 12.7. The number of nitrogens with one attached hydrogen (secondary N) is 1. The molecule has 1 atom stereocenters. The van der Waals surface area contributed by atoms with Crippen molar-refractivity contribution in [2.24, 2.45) is 5.41 Å². The maximum absolute atomic E-state index is 12.7. The summed E-state index contributed by atoms with van der Waals surface area (Å²) in [6, 6.07) is 0. The van der Waals surface area contributed by atoms with Crippen molar-refractivity contribution in [3.63, 3.8) is 0 Å². The lowest BCUT2D eigenvalue weighted by Crippen LogP contribution is -2.51. The van der Waals surface area contributed by atoms with Crippen LogP contribution in [0.1, 0.15) is 32.6 Å². The van der Waals surface area contributed by atoms with Crippen LogP contribution in [0.5, 0.6) is 0 Å². The smallest absolute Gasteiger partial charge is 0.229 e. The molecule has 1 aliphatic rings. The van der Waals surface area contributed by atoms with Crippen LogP contribution in [0.15, 0.2) is 0 Å². The van der Waals surface area contributed by atoms with Gasteiger partial charge in [-0.1, -0.05) is 13.3 Å². The number of piperidine rings is 1. The van der Waals surface area contributed by atoms with E-state index in [0.717, 1.165) is 51.9 Å². The number of amides is 1. The molecule has 1 heterocycles. The first-order valence-electron chi connectivity index (χ1n) is 7.13. The molecule has 18 heavy (non-hydrogen) atoms. The summed E-state index contributed by atoms with van der Waals surface area (Å²) in [6.07, 6.45) is 4.24. The van der Waals surface area contributed by atoms with Crippen molar-refractivity contribution in [3.05, 3.63) is 0 Å². The number of hydrogen-bond acceptors (Lipinski definition) is 3. The lowest BCUT2D eigenvalue weighted by atomic mass is 9.76. The Labute approximate surface area is 112 Å². The van der Waals surface area contributed by atoms with Gasteiger partial charge in [0.15, 0.2) is 0 Å². The van der Waals surface area contributed by atoms with Gasteiger partial charge in [-0.05, 0) is 39.9 Å². The van der Waals surface area contributed by atoms with Crippen LogP contribution in [0.4, 0.5) is 0 Å². The normalized spacial score (nSPS) is 24.3. The fraction of sp³-hybridized carbons (Fsp3) is 0.929. The Morgan fingerprint density at radius 3 is 2.50 bits per heavy atom. The largest absolute Gasteiger partial charge is 0.344 e. The van der Waals surface area contributed by atoms with Gasteiger partial charge in [0.25, 0.3) is 0 Å². The quantitative estimate of drug-likeness (QED) is 0.774. The van der Waals surface area contributed by atoms with E-state index in [4.69, 9.17) is 0 Å². The fourth-order valence-electron chi connectivity index (χ4n) is 2.81. The molecular formula is C14H29N3O. The van der Waals surface area contributed by atoms with Gasteiger partial charge in [0.05, 0.1) is 5.41 Å². The highest BCUT2D eigenvalue weighted by Crippen LogP contribution is 2.33. The van der Waals surface area contributed by atoms with E-state index in [0.29, 0.717) is 5.91 Å². The molecule has 0 aromatic rings. The number of carbonyl (C=O) groups is 1. The minimum absolute atomic E-state index is 0.145. The van der Waals surface area contributed by atoms with Crippen LogP contribution in [-0.4, -0.2) is 63.0 Å². The van der Waals surface area contributed by atoms with Gasteiger partial charge >= 0.3 is 0 Å². The second-order valence-corrected chi connectivity index (χ2v) is 5.84. The maximum Gasteiger partial charge on any atom is 0.229 e. The SMILES string of the molecule is CCCC1(C(=O)N(C)CCN(C)C)CCCNC1. The van der Waals surface area contributed by atoms with E-state index >= 15 is 0 Å². The lowest BCUT2D eigenvalue weighted by Gasteiger charge is -2.39. The lowest BCUT2D eigenvalue weighted by molar-refractivity contribution is -0.142. The van der Waals surface area contributed by atoms with Gasteiger partial charge < -0.3 is 15.1 Å². The highest BCUT2D eigenvalue weighted by atomic mass is 16.2. The van der Waals surface area contributed by atoms with Crippen molar-refractivity contribution in [2.45, 2.75) is 32.6 Å². The first-order valence-corrected chi connectivity index (χ1v) is 7.13. The number of rotatable bonds is 6. The van der Waals surface area contributed by atoms with E-state index in [1.165, 1.54) is 0 Å². The molecule has 1 fully saturated rings. The minimum atomic E-state index is -0.145. The molecule has 1 aliphatic heterocycles. The van der Waals surface area contributed by atoms with Crippen LogP contribution >= 0.6 is 0 Å². The Morgan fingerprint density at radius 2 is 2.00 bits per heavy atom. The molecule has 4 heteroatoms. The average Bonchev–Trinajstić information content (AvgIpc) is 2.36. The molecule has 0 bridgehead atoms. The molecule has 0 radical (unpaired) electrons. The molecule has 1 saturated heterocycles. The highest BCUT2D eigenvalue weighted by molar-refractivity contribution is 5.83. The minimum Gasteiger partial charge on any atom is -0.344 e. The number of hydrogen-bond donors (Lipinski definition) is 1. The summed E-state index contributed by atoms with van der Waals surface area (Å²) in [6.45, 7) is 5.82. The monoisotopic (exact) mass is 255 g/mol. The van der Waals surface area contributed by atoms with Gasteiger partial charge in [-0.15, -0.1) is 0 Å². The zero-order chi connectivity index (χ0) is 13.6. The third kappa shape index (κ3) is 3.95. The van der Waals surface area contributed by atoms with Gasteiger partial charge in [0.2, 0.25) is 5.91 Å². The van der Waals surface area contributed by atoms with E-state index in [1.54, 1.807) is 0 Å². The fourth-order valence-corrected chi connectivity index (χ4v) is 2.81. The van der Waals surface area contributed by atoms with Crippen molar-refractivity contribution < 1.29 is 4.79 Å². The van der Waals surface area contributed by atoms with Gasteiger partial charge in [0, 0.05) is 26.7 Å². The molecule has 0 aliphatic carbocycles. The molecule has 1 amide bonds. The van der Waals surface area contributed by atoms with Crippen LogP contribution < -0.4 is 5.32 Å². The molecule has 106 valence electrons. The predicted molar refractivity (Wildman–Crippen MR) is 75.6 cm³/mol.